The number of rotatable bonds is 2. The number of hydrogen-bond donors (Lipinski definition) is 1. The van der Waals surface area contributed by atoms with Crippen LogP contribution in [0.3, 0.4) is 0 Å². The Balaban J connectivity index is 1.89. The van der Waals surface area contributed by atoms with Crippen LogP contribution in [0, 0.1) is 0 Å². The maximum Gasteiger partial charge on any atom is 0.168 e. The van der Waals surface area contributed by atoms with E-state index in [1.165, 1.54) is 0 Å². The number of fused-ring (bicyclic) bond motifs is 1. The predicted molar refractivity (Wildman–Crippen MR) is 64.5 cm³/mol. The fraction of sp³-hybridized carbons (Fsp3) is 0.455. The van der Waals surface area contributed by atoms with Crippen LogP contribution in [0.1, 0.15) is 0 Å². The third kappa shape index (κ3) is 1.96. The van der Waals surface area contributed by atoms with Crippen molar-refractivity contribution in [2.75, 3.05) is 31.7 Å². The highest BCUT2D eigenvalue weighted by molar-refractivity contribution is 5.85. The van der Waals surface area contributed by atoms with Crippen molar-refractivity contribution >= 4 is 16.9 Å². The van der Waals surface area contributed by atoms with Gasteiger partial charge in [0.2, 0.25) is 0 Å². The minimum Gasteiger partial charge on any atom is -0.379 e. The molecule has 0 unspecified atom stereocenters. The third-order valence-electron chi connectivity index (χ3n) is 2.92. The first-order valence-corrected chi connectivity index (χ1v) is 5.70. The van der Waals surface area contributed by atoms with Crippen molar-refractivity contribution in [2.24, 2.45) is 7.05 Å². The Hall–Kier alpha value is -1.66. The summed E-state index contributed by atoms with van der Waals surface area (Å²) >= 11 is 0. The molecule has 17 heavy (non-hydrogen) atoms. The van der Waals surface area contributed by atoms with Crippen molar-refractivity contribution in [2.45, 2.75) is 0 Å². The number of nitrogens with zero attached hydrogens (tertiary/aromatic N) is 4. The third-order valence-corrected chi connectivity index (χ3v) is 2.92. The molecule has 0 saturated carbocycles. The van der Waals surface area contributed by atoms with E-state index in [0.29, 0.717) is 0 Å². The maximum absolute atomic E-state index is 5.31. The van der Waals surface area contributed by atoms with Crippen LogP contribution in [0.25, 0.3) is 11.0 Å². The van der Waals surface area contributed by atoms with Crippen molar-refractivity contribution in [3.05, 3.63) is 18.6 Å². The smallest absolute Gasteiger partial charge is 0.168 e. The van der Waals surface area contributed by atoms with Crippen LogP contribution in [-0.4, -0.2) is 45.8 Å². The second-order valence-corrected chi connectivity index (χ2v) is 4.09. The molecule has 0 amide bonds. The Bertz CT molecular complexity index is 518. The minimum absolute atomic E-state index is 0.755. The minimum atomic E-state index is 0.755. The fourth-order valence-corrected chi connectivity index (χ4v) is 1.97. The lowest BCUT2D eigenvalue weighted by molar-refractivity contribution is 0.0495. The van der Waals surface area contributed by atoms with Crippen molar-refractivity contribution in [1.29, 1.82) is 0 Å². The van der Waals surface area contributed by atoms with E-state index in [2.05, 4.69) is 20.4 Å². The average molecular weight is 233 g/mol. The summed E-state index contributed by atoms with van der Waals surface area (Å²) in [5, 5.41) is 2.11. The summed E-state index contributed by atoms with van der Waals surface area (Å²) in [5.41, 5.74) is 5.29. The number of hydrogen-bond acceptors (Lipinski definition) is 5. The van der Waals surface area contributed by atoms with Gasteiger partial charge >= 0.3 is 0 Å². The van der Waals surface area contributed by atoms with Crippen molar-refractivity contribution in [1.82, 2.24) is 19.5 Å². The zero-order valence-electron chi connectivity index (χ0n) is 9.76. The fourth-order valence-electron chi connectivity index (χ4n) is 1.97. The topological polar surface area (TPSA) is 55.2 Å². The van der Waals surface area contributed by atoms with Gasteiger partial charge in [0.25, 0.3) is 0 Å². The molecule has 3 rings (SSSR count). The molecule has 0 atom stereocenters. The molecule has 6 nitrogen and oxygen atoms in total. The van der Waals surface area contributed by atoms with Crippen LogP contribution < -0.4 is 5.43 Å². The van der Waals surface area contributed by atoms with Gasteiger partial charge in [0.1, 0.15) is 5.52 Å². The van der Waals surface area contributed by atoms with E-state index in [4.69, 9.17) is 4.74 Å². The van der Waals surface area contributed by atoms with Crippen LogP contribution in [-0.2, 0) is 11.8 Å². The summed E-state index contributed by atoms with van der Waals surface area (Å²) in [4.78, 5) is 8.71. The molecule has 2 aromatic heterocycles. The molecule has 0 aliphatic carbocycles. The standard InChI is InChI=1S/C11H15N5O/c1-15-8-13-10-9(15)2-3-12-11(10)14-16-4-6-17-7-5-16/h2-3,8H,4-7H2,1H3,(H,12,14). The molecule has 0 aromatic carbocycles. The second-order valence-electron chi connectivity index (χ2n) is 4.09. The highest BCUT2D eigenvalue weighted by atomic mass is 16.5. The summed E-state index contributed by atoms with van der Waals surface area (Å²) in [5.74, 6) is 0.810. The molecule has 6 heteroatoms. The summed E-state index contributed by atoms with van der Waals surface area (Å²) in [6.45, 7) is 3.24. The van der Waals surface area contributed by atoms with Crippen molar-refractivity contribution in [3.8, 4) is 0 Å². The summed E-state index contributed by atoms with van der Waals surface area (Å²) in [7, 11) is 1.98. The summed E-state index contributed by atoms with van der Waals surface area (Å²) < 4.78 is 7.29. The number of anilines is 1. The average Bonchev–Trinajstić information content (AvgIpc) is 2.74. The monoisotopic (exact) mass is 233 g/mol. The molecule has 3 heterocycles. The van der Waals surface area contributed by atoms with Gasteiger partial charge in [-0.3, -0.25) is 0 Å². The molecule has 0 radical (unpaired) electrons. The van der Waals surface area contributed by atoms with Crippen LogP contribution in [0.4, 0.5) is 5.82 Å². The van der Waals surface area contributed by atoms with Gasteiger partial charge in [-0.25, -0.2) is 15.0 Å². The van der Waals surface area contributed by atoms with Crippen LogP contribution in [0.5, 0.6) is 0 Å². The summed E-state index contributed by atoms with van der Waals surface area (Å²) in [6.07, 6.45) is 3.60. The molecule has 0 bridgehead atoms. The molecule has 1 aliphatic heterocycles. The molecule has 1 saturated heterocycles. The number of imidazole rings is 1. The first-order chi connectivity index (χ1) is 8.34. The van der Waals surface area contributed by atoms with Gasteiger partial charge in [0.15, 0.2) is 5.82 Å². The van der Waals surface area contributed by atoms with Crippen molar-refractivity contribution < 1.29 is 4.74 Å². The number of hydrazine groups is 1. The predicted octanol–water partition coefficient (Wildman–Crippen LogP) is 0.627. The van der Waals surface area contributed by atoms with E-state index in [1.54, 1.807) is 12.5 Å². The maximum atomic E-state index is 5.31. The van der Waals surface area contributed by atoms with E-state index >= 15 is 0 Å². The first kappa shape index (κ1) is 10.5. The van der Waals surface area contributed by atoms with Gasteiger partial charge in [-0.2, -0.15) is 0 Å². The molecule has 1 fully saturated rings. The molecular formula is C11H15N5O. The Morgan fingerprint density at radius 2 is 2.12 bits per heavy atom. The van der Waals surface area contributed by atoms with Gasteiger partial charge < -0.3 is 14.7 Å². The highest BCUT2D eigenvalue weighted by Crippen LogP contribution is 2.19. The van der Waals surface area contributed by atoms with E-state index in [9.17, 15) is 0 Å². The molecule has 2 aromatic rings. The van der Waals surface area contributed by atoms with E-state index in [-0.39, 0.29) is 0 Å². The Kier molecular flexibility index (Phi) is 2.66. The SMILES string of the molecule is Cn1cnc2c(NN3CCOCC3)nccc21. The first-order valence-electron chi connectivity index (χ1n) is 5.70. The van der Waals surface area contributed by atoms with Crippen LogP contribution in [0.15, 0.2) is 18.6 Å². The van der Waals surface area contributed by atoms with Crippen molar-refractivity contribution in [3.63, 3.8) is 0 Å². The molecule has 1 aliphatic rings. The number of aryl methyl sites for hydroxylation is 1. The van der Waals surface area contributed by atoms with Gasteiger partial charge in [0.05, 0.1) is 25.1 Å². The van der Waals surface area contributed by atoms with Gasteiger partial charge in [-0.05, 0) is 6.07 Å². The van der Waals surface area contributed by atoms with Gasteiger partial charge in [0, 0.05) is 26.3 Å². The van der Waals surface area contributed by atoms with Crippen LogP contribution >= 0.6 is 0 Å². The Morgan fingerprint density at radius 3 is 2.94 bits per heavy atom. The molecular weight excluding hydrogens is 218 g/mol. The number of pyridine rings is 1. The lowest BCUT2D eigenvalue weighted by Crippen LogP contribution is -2.40. The van der Waals surface area contributed by atoms with Gasteiger partial charge in [-0.15, -0.1) is 0 Å². The largest absolute Gasteiger partial charge is 0.379 e. The molecule has 1 N–H and O–H groups in total. The van der Waals surface area contributed by atoms with Crippen LogP contribution in [0.2, 0.25) is 0 Å². The normalized spacial score (nSPS) is 17.5. The second kappa shape index (κ2) is 4.31. The number of ether oxygens (including phenoxy) is 1. The Morgan fingerprint density at radius 1 is 1.29 bits per heavy atom. The van der Waals surface area contributed by atoms with Gasteiger partial charge in [-0.1, -0.05) is 0 Å². The lowest BCUT2D eigenvalue weighted by Gasteiger charge is -2.27. The van der Waals surface area contributed by atoms with E-state index in [0.717, 1.165) is 43.2 Å². The zero-order valence-corrected chi connectivity index (χ0v) is 9.76. The quantitative estimate of drug-likeness (QED) is 0.824. The zero-order chi connectivity index (χ0) is 11.7. The Labute approximate surface area is 99.2 Å². The van der Waals surface area contributed by atoms with E-state index in [1.807, 2.05) is 17.7 Å². The molecule has 0 spiro atoms. The highest BCUT2D eigenvalue weighted by Gasteiger charge is 2.13. The number of morpholine rings is 1. The number of aromatic nitrogens is 3. The number of nitrogens with one attached hydrogen (secondary N) is 1. The van der Waals surface area contributed by atoms with E-state index < -0.39 is 0 Å². The lowest BCUT2D eigenvalue weighted by atomic mass is 10.4. The summed E-state index contributed by atoms with van der Waals surface area (Å²) in [6, 6.07) is 1.97. The molecule has 90 valence electrons.